The van der Waals surface area contributed by atoms with Gasteiger partial charge in [-0.3, -0.25) is 4.79 Å². The van der Waals surface area contributed by atoms with E-state index in [1.165, 1.54) is 0 Å². The zero-order chi connectivity index (χ0) is 9.97. The second-order valence-corrected chi connectivity index (χ2v) is 3.67. The van der Waals surface area contributed by atoms with Gasteiger partial charge in [-0.05, 0) is 25.8 Å². The maximum atomic E-state index is 11.9. The van der Waals surface area contributed by atoms with Crippen molar-refractivity contribution in [3.05, 3.63) is 23.7 Å². The van der Waals surface area contributed by atoms with Gasteiger partial charge in [-0.25, -0.2) is 0 Å². The van der Waals surface area contributed by atoms with Crippen LogP contribution in [0.1, 0.15) is 29.0 Å². The molecule has 14 heavy (non-hydrogen) atoms. The van der Waals surface area contributed by atoms with E-state index < -0.39 is 0 Å². The van der Waals surface area contributed by atoms with Crippen molar-refractivity contribution in [3.8, 4) is 0 Å². The van der Waals surface area contributed by atoms with E-state index in [1.54, 1.807) is 12.3 Å². The summed E-state index contributed by atoms with van der Waals surface area (Å²) in [4.78, 5) is 11.9. The molecule has 0 radical (unpaired) electrons. The number of carbonyl (C=O) groups excluding carboxylic acids is 1. The number of ether oxygens (including phenoxy) is 1. The van der Waals surface area contributed by atoms with Gasteiger partial charge in [0.1, 0.15) is 5.76 Å². The van der Waals surface area contributed by atoms with Gasteiger partial charge in [0.05, 0.1) is 18.4 Å². The molecule has 1 unspecified atom stereocenters. The number of rotatable bonds is 2. The van der Waals surface area contributed by atoms with Gasteiger partial charge in [-0.1, -0.05) is 0 Å². The van der Waals surface area contributed by atoms with Crippen molar-refractivity contribution in [2.75, 3.05) is 13.2 Å². The number of hydrogen-bond acceptors (Lipinski definition) is 3. The molecule has 0 spiro atoms. The van der Waals surface area contributed by atoms with Crippen molar-refractivity contribution in [1.29, 1.82) is 0 Å². The number of furan rings is 1. The lowest BCUT2D eigenvalue weighted by molar-refractivity contribution is 0.0460. The third kappa shape index (κ3) is 1.73. The molecule has 0 aromatic carbocycles. The molecule has 3 nitrogen and oxygen atoms in total. The van der Waals surface area contributed by atoms with E-state index in [2.05, 4.69) is 0 Å². The van der Waals surface area contributed by atoms with Crippen molar-refractivity contribution in [3.63, 3.8) is 0 Å². The molecule has 0 saturated carbocycles. The van der Waals surface area contributed by atoms with Gasteiger partial charge < -0.3 is 9.15 Å². The van der Waals surface area contributed by atoms with Gasteiger partial charge in [-0.2, -0.15) is 0 Å². The summed E-state index contributed by atoms with van der Waals surface area (Å²) in [6, 6.07) is 1.74. The third-order valence-corrected chi connectivity index (χ3v) is 2.66. The lowest BCUT2D eigenvalue weighted by Gasteiger charge is -2.20. The van der Waals surface area contributed by atoms with Crippen LogP contribution in [0.2, 0.25) is 0 Å². The summed E-state index contributed by atoms with van der Waals surface area (Å²) in [5.74, 6) is 0.900. The monoisotopic (exact) mass is 194 g/mol. The van der Waals surface area contributed by atoms with Crippen molar-refractivity contribution in [2.24, 2.45) is 5.92 Å². The zero-order valence-corrected chi connectivity index (χ0v) is 8.29. The van der Waals surface area contributed by atoms with Crippen molar-refractivity contribution < 1.29 is 13.9 Å². The molecule has 0 amide bonds. The Labute approximate surface area is 83.0 Å². The minimum absolute atomic E-state index is 0.0278. The molecule has 0 aliphatic carbocycles. The van der Waals surface area contributed by atoms with Crippen LogP contribution < -0.4 is 0 Å². The summed E-state index contributed by atoms with van der Waals surface area (Å²) in [7, 11) is 0. The summed E-state index contributed by atoms with van der Waals surface area (Å²) >= 11 is 0. The highest BCUT2D eigenvalue weighted by molar-refractivity contribution is 5.98. The van der Waals surface area contributed by atoms with Crippen molar-refractivity contribution >= 4 is 5.78 Å². The Morgan fingerprint density at radius 3 is 3.00 bits per heavy atom. The van der Waals surface area contributed by atoms with Crippen LogP contribution in [0.5, 0.6) is 0 Å². The largest absolute Gasteiger partial charge is 0.469 e. The van der Waals surface area contributed by atoms with Crippen LogP contribution in [0.3, 0.4) is 0 Å². The molecular weight excluding hydrogens is 180 g/mol. The van der Waals surface area contributed by atoms with E-state index in [-0.39, 0.29) is 11.7 Å². The average molecular weight is 194 g/mol. The number of ketones is 1. The molecule has 1 fully saturated rings. The summed E-state index contributed by atoms with van der Waals surface area (Å²) in [5.41, 5.74) is 0.709. The number of hydrogen-bond donors (Lipinski definition) is 0. The van der Waals surface area contributed by atoms with Crippen molar-refractivity contribution in [1.82, 2.24) is 0 Å². The highest BCUT2D eigenvalue weighted by Gasteiger charge is 2.24. The second kappa shape index (κ2) is 3.96. The van der Waals surface area contributed by atoms with Gasteiger partial charge in [0.25, 0.3) is 0 Å². The second-order valence-electron chi connectivity index (χ2n) is 3.67. The first kappa shape index (κ1) is 9.46. The molecule has 1 saturated heterocycles. The quantitative estimate of drug-likeness (QED) is 0.677. The fourth-order valence-electron chi connectivity index (χ4n) is 1.81. The lowest BCUT2D eigenvalue weighted by Crippen LogP contribution is -2.25. The SMILES string of the molecule is Cc1occc1C(=O)C1CCCOC1. The Bertz CT molecular complexity index is 321. The minimum atomic E-state index is 0.0278. The van der Waals surface area contributed by atoms with Crippen LogP contribution in [-0.2, 0) is 4.74 Å². The molecule has 1 atom stereocenters. The summed E-state index contributed by atoms with van der Waals surface area (Å²) in [6.07, 6.45) is 3.48. The lowest BCUT2D eigenvalue weighted by atomic mass is 9.93. The maximum absolute atomic E-state index is 11.9. The number of Topliss-reactive ketones (excluding diaryl/α,β-unsaturated/α-hetero) is 1. The molecule has 1 aromatic heterocycles. The fourth-order valence-corrected chi connectivity index (χ4v) is 1.81. The Hall–Kier alpha value is -1.09. The van der Waals surface area contributed by atoms with Crippen molar-refractivity contribution in [2.45, 2.75) is 19.8 Å². The molecule has 0 bridgehead atoms. The third-order valence-electron chi connectivity index (χ3n) is 2.66. The maximum Gasteiger partial charge on any atom is 0.171 e. The summed E-state index contributed by atoms with van der Waals surface area (Å²) in [5, 5.41) is 0. The molecule has 76 valence electrons. The molecule has 1 aromatic rings. The van der Waals surface area contributed by atoms with Gasteiger partial charge in [0.2, 0.25) is 0 Å². The standard InChI is InChI=1S/C11H14O3/c1-8-10(4-6-14-8)11(12)9-3-2-5-13-7-9/h4,6,9H,2-3,5,7H2,1H3. The van der Waals surface area contributed by atoms with E-state index in [0.717, 1.165) is 19.4 Å². The van der Waals surface area contributed by atoms with Gasteiger partial charge in [-0.15, -0.1) is 0 Å². The first-order chi connectivity index (χ1) is 6.79. The molecule has 2 rings (SSSR count). The predicted octanol–water partition coefficient (Wildman–Crippen LogP) is 2.20. The van der Waals surface area contributed by atoms with E-state index in [9.17, 15) is 4.79 Å². The normalized spacial score (nSPS) is 22.2. The first-order valence-electron chi connectivity index (χ1n) is 4.95. The Morgan fingerprint density at radius 2 is 2.43 bits per heavy atom. The van der Waals surface area contributed by atoms with Crippen LogP contribution in [-0.4, -0.2) is 19.0 Å². The minimum Gasteiger partial charge on any atom is -0.469 e. The Balaban J connectivity index is 2.11. The smallest absolute Gasteiger partial charge is 0.171 e. The van der Waals surface area contributed by atoms with E-state index in [1.807, 2.05) is 6.92 Å². The van der Waals surface area contributed by atoms with E-state index in [4.69, 9.17) is 9.15 Å². The van der Waals surface area contributed by atoms with Crippen LogP contribution in [0.25, 0.3) is 0 Å². The van der Waals surface area contributed by atoms with Gasteiger partial charge >= 0.3 is 0 Å². The molecular formula is C11H14O3. The van der Waals surface area contributed by atoms with E-state index in [0.29, 0.717) is 17.9 Å². The predicted molar refractivity (Wildman–Crippen MR) is 51.3 cm³/mol. The van der Waals surface area contributed by atoms with Crippen LogP contribution >= 0.6 is 0 Å². The number of carbonyl (C=O) groups is 1. The molecule has 2 heterocycles. The fraction of sp³-hybridized carbons (Fsp3) is 0.545. The highest BCUT2D eigenvalue weighted by atomic mass is 16.5. The first-order valence-corrected chi connectivity index (χ1v) is 4.95. The number of aryl methyl sites for hydroxylation is 1. The van der Waals surface area contributed by atoms with Crippen LogP contribution in [0.4, 0.5) is 0 Å². The van der Waals surface area contributed by atoms with Gasteiger partial charge in [0, 0.05) is 12.5 Å². The Kier molecular flexibility index (Phi) is 2.68. The topological polar surface area (TPSA) is 39.4 Å². The van der Waals surface area contributed by atoms with Gasteiger partial charge in [0.15, 0.2) is 5.78 Å². The molecule has 1 aliphatic heterocycles. The zero-order valence-electron chi connectivity index (χ0n) is 8.29. The van der Waals surface area contributed by atoms with E-state index >= 15 is 0 Å². The van der Waals surface area contributed by atoms with Crippen LogP contribution in [0.15, 0.2) is 16.7 Å². The molecule has 0 N–H and O–H groups in total. The highest BCUT2D eigenvalue weighted by Crippen LogP contribution is 2.21. The van der Waals surface area contributed by atoms with Crippen LogP contribution in [0, 0.1) is 12.8 Å². The molecule has 3 heteroatoms. The summed E-state index contributed by atoms with van der Waals surface area (Å²) in [6.45, 7) is 3.16. The Morgan fingerprint density at radius 1 is 1.57 bits per heavy atom. The summed E-state index contributed by atoms with van der Waals surface area (Å²) < 4.78 is 10.4. The average Bonchev–Trinajstić information content (AvgIpc) is 2.65. The molecule has 1 aliphatic rings.